The maximum Gasteiger partial charge on any atom is 0.240 e. The summed E-state index contributed by atoms with van der Waals surface area (Å²) in [6.45, 7) is 4.41. The van der Waals surface area contributed by atoms with Crippen molar-refractivity contribution in [3.63, 3.8) is 0 Å². The molecule has 170 valence electrons. The summed E-state index contributed by atoms with van der Waals surface area (Å²) in [7, 11) is -3.74. The Morgan fingerprint density at radius 3 is 2.50 bits per heavy atom. The first kappa shape index (κ1) is 22.5. The minimum absolute atomic E-state index is 0.0157. The Balaban J connectivity index is 1.32. The fourth-order valence-electron chi connectivity index (χ4n) is 4.01. The molecule has 2 aliphatic rings. The second-order valence-electron chi connectivity index (χ2n) is 8.74. The molecule has 2 aromatic rings. The molecule has 0 saturated heterocycles. The van der Waals surface area contributed by atoms with Crippen molar-refractivity contribution in [2.45, 2.75) is 57.0 Å². The van der Waals surface area contributed by atoms with Gasteiger partial charge in [0.1, 0.15) is 0 Å². The maximum absolute atomic E-state index is 12.7. The fourth-order valence-corrected chi connectivity index (χ4v) is 5.10. The monoisotopic (exact) mass is 455 g/mol. The Hall–Kier alpha value is -2.71. The van der Waals surface area contributed by atoms with Gasteiger partial charge in [-0.25, -0.2) is 13.1 Å². The standard InChI is InChI=1S/C24H29N3O4S/c1-16-3-5-18(6-4-16)15-25-23(28)11-12-26-32(30,31)21-9-10-22-20(14-21)13-17(2)27(22)24(29)19-7-8-19/h3-6,9-10,14,17,19,26H,7-8,11-13,15H2,1-2H3,(H,25,28)/t17-/m0/s1. The number of hydrogen-bond donors (Lipinski definition) is 2. The number of nitrogens with one attached hydrogen (secondary N) is 2. The van der Waals surface area contributed by atoms with Gasteiger partial charge in [-0.1, -0.05) is 29.8 Å². The van der Waals surface area contributed by atoms with Gasteiger partial charge in [-0.2, -0.15) is 0 Å². The lowest BCUT2D eigenvalue weighted by molar-refractivity contribution is -0.121. The molecule has 2 N–H and O–H groups in total. The van der Waals surface area contributed by atoms with Gasteiger partial charge in [0.2, 0.25) is 21.8 Å². The summed E-state index contributed by atoms with van der Waals surface area (Å²) in [6, 6.07) is 12.8. The number of sulfonamides is 1. The Morgan fingerprint density at radius 1 is 1.09 bits per heavy atom. The van der Waals surface area contributed by atoms with Gasteiger partial charge in [-0.05, 0) is 62.4 Å². The van der Waals surface area contributed by atoms with Crippen LogP contribution in [0.25, 0.3) is 0 Å². The zero-order chi connectivity index (χ0) is 22.9. The molecule has 1 heterocycles. The molecule has 1 atom stereocenters. The first-order valence-electron chi connectivity index (χ1n) is 11.0. The van der Waals surface area contributed by atoms with Crippen LogP contribution >= 0.6 is 0 Å². The van der Waals surface area contributed by atoms with E-state index in [1.807, 2.05) is 43.0 Å². The summed E-state index contributed by atoms with van der Waals surface area (Å²) in [5, 5.41) is 2.80. The molecule has 2 amide bonds. The number of carbonyl (C=O) groups excluding carboxylic acids is 2. The molecule has 1 fully saturated rings. The van der Waals surface area contributed by atoms with Crippen LogP contribution in [0.4, 0.5) is 5.69 Å². The van der Waals surface area contributed by atoms with Crippen LogP contribution < -0.4 is 14.9 Å². The molecule has 1 saturated carbocycles. The average molecular weight is 456 g/mol. The lowest BCUT2D eigenvalue weighted by Crippen LogP contribution is -2.36. The molecule has 7 nitrogen and oxygen atoms in total. The molecule has 2 aromatic carbocycles. The predicted molar refractivity (Wildman–Crippen MR) is 123 cm³/mol. The molecule has 0 unspecified atom stereocenters. The van der Waals surface area contributed by atoms with Crippen LogP contribution in [-0.2, 0) is 32.6 Å². The second kappa shape index (κ2) is 9.03. The zero-order valence-corrected chi connectivity index (χ0v) is 19.2. The number of aryl methyl sites for hydroxylation is 1. The lowest BCUT2D eigenvalue weighted by Gasteiger charge is -2.22. The highest BCUT2D eigenvalue weighted by Crippen LogP contribution is 2.39. The minimum atomic E-state index is -3.74. The number of fused-ring (bicyclic) bond motifs is 1. The van der Waals surface area contributed by atoms with Gasteiger partial charge in [0.05, 0.1) is 4.90 Å². The molecule has 1 aliphatic heterocycles. The molecule has 32 heavy (non-hydrogen) atoms. The summed E-state index contributed by atoms with van der Waals surface area (Å²) < 4.78 is 27.9. The molecule has 8 heteroatoms. The highest BCUT2D eigenvalue weighted by Gasteiger charge is 2.39. The van der Waals surface area contributed by atoms with Gasteiger partial charge >= 0.3 is 0 Å². The maximum atomic E-state index is 12.7. The molecular weight excluding hydrogens is 426 g/mol. The van der Waals surface area contributed by atoms with Gasteiger partial charge in [0, 0.05) is 37.2 Å². The summed E-state index contributed by atoms with van der Waals surface area (Å²) >= 11 is 0. The third-order valence-corrected chi connectivity index (χ3v) is 7.45. The van der Waals surface area contributed by atoms with Crippen molar-refractivity contribution in [1.82, 2.24) is 10.0 Å². The summed E-state index contributed by atoms with van der Waals surface area (Å²) in [5.74, 6) is 0.0394. The van der Waals surface area contributed by atoms with Crippen LogP contribution in [0.1, 0.15) is 42.9 Å². The van der Waals surface area contributed by atoms with Gasteiger partial charge in [-0.3, -0.25) is 9.59 Å². The van der Waals surface area contributed by atoms with Crippen molar-refractivity contribution in [3.8, 4) is 0 Å². The smallest absolute Gasteiger partial charge is 0.240 e. The number of hydrogen-bond acceptors (Lipinski definition) is 4. The lowest BCUT2D eigenvalue weighted by atomic mass is 10.1. The van der Waals surface area contributed by atoms with Crippen LogP contribution in [0.5, 0.6) is 0 Å². The van der Waals surface area contributed by atoms with Gasteiger partial charge < -0.3 is 10.2 Å². The van der Waals surface area contributed by atoms with Gasteiger partial charge in [-0.15, -0.1) is 0 Å². The van der Waals surface area contributed by atoms with Crippen LogP contribution in [0.2, 0.25) is 0 Å². The number of benzene rings is 2. The number of amides is 2. The number of nitrogens with zero attached hydrogens (tertiary/aromatic N) is 1. The molecular formula is C24H29N3O4S. The van der Waals surface area contributed by atoms with Crippen molar-refractivity contribution < 1.29 is 18.0 Å². The number of carbonyl (C=O) groups is 2. The summed E-state index contributed by atoms with van der Waals surface area (Å²) in [4.78, 5) is 26.6. The highest BCUT2D eigenvalue weighted by atomic mass is 32.2. The van der Waals surface area contributed by atoms with Crippen molar-refractivity contribution in [3.05, 3.63) is 59.2 Å². The van der Waals surface area contributed by atoms with Gasteiger partial charge in [0.15, 0.2) is 0 Å². The van der Waals surface area contributed by atoms with Gasteiger partial charge in [0.25, 0.3) is 0 Å². The molecule has 0 aromatic heterocycles. The van der Waals surface area contributed by atoms with Crippen LogP contribution in [-0.4, -0.2) is 32.8 Å². The van der Waals surface area contributed by atoms with E-state index in [1.54, 1.807) is 12.1 Å². The van der Waals surface area contributed by atoms with Crippen molar-refractivity contribution in [2.24, 2.45) is 5.92 Å². The van der Waals surface area contributed by atoms with E-state index in [0.29, 0.717) is 13.0 Å². The SMILES string of the molecule is Cc1ccc(CNC(=O)CCNS(=O)(=O)c2ccc3c(c2)C[C@H](C)N3C(=O)C2CC2)cc1. The normalized spacial score (nSPS) is 17.8. The molecule has 0 spiro atoms. The highest BCUT2D eigenvalue weighted by molar-refractivity contribution is 7.89. The van der Waals surface area contributed by atoms with Crippen LogP contribution in [0, 0.1) is 12.8 Å². The molecule has 4 rings (SSSR count). The average Bonchev–Trinajstić information content (AvgIpc) is 3.54. The van der Waals surface area contributed by atoms with Crippen molar-refractivity contribution in [1.29, 1.82) is 0 Å². The summed E-state index contributed by atoms with van der Waals surface area (Å²) in [5.41, 5.74) is 3.82. The Morgan fingerprint density at radius 2 is 1.81 bits per heavy atom. The topological polar surface area (TPSA) is 95.6 Å². The first-order valence-corrected chi connectivity index (χ1v) is 12.5. The third kappa shape index (κ3) is 5.02. The van der Waals surface area contributed by atoms with Crippen molar-refractivity contribution in [2.75, 3.05) is 11.4 Å². The van der Waals surface area contributed by atoms with E-state index in [9.17, 15) is 18.0 Å². The van der Waals surface area contributed by atoms with E-state index >= 15 is 0 Å². The van der Waals surface area contributed by atoms with E-state index in [0.717, 1.165) is 35.2 Å². The fraction of sp³-hybridized carbons (Fsp3) is 0.417. The Bertz CT molecular complexity index is 1120. The Labute approximate surface area is 189 Å². The molecule has 0 bridgehead atoms. The van der Waals surface area contributed by atoms with Crippen LogP contribution in [0.3, 0.4) is 0 Å². The van der Waals surface area contributed by atoms with Crippen molar-refractivity contribution >= 4 is 27.5 Å². The second-order valence-corrected chi connectivity index (χ2v) is 10.5. The van der Waals surface area contributed by atoms with E-state index in [1.165, 1.54) is 6.07 Å². The van der Waals surface area contributed by atoms with E-state index < -0.39 is 10.0 Å². The zero-order valence-electron chi connectivity index (χ0n) is 18.4. The van der Waals surface area contributed by atoms with E-state index in [4.69, 9.17) is 0 Å². The van der Waals surface area contributed by atoms with E-state index in [2.05, 4.69) is 10.0 Å². The molecule has 1 aliphatic carbocycles. The largest absolute Gasteiger partial charge is 0.352 e. The third-order valence-electron chi connectivity index (χ3n) is 6.00. The summed E-state index contributed by atoms with van der Waals surface area (Å²) in [6.07, 6.45) is 2.56. The Kier molecular flexibility index (Phi) is 6.35. The van der Waals surface area contributed by atoms with Crippen LogP contribution in [0.15, 0.2) is 47.4 Å². The van der Waals surface area contributed by atoms with E-state index in [-0.39, 0.29) is 41.6 Å². The predicted octanol–water partition coefficient (Wildman–Crippen LogP) is 2.67. The quantitative estimate of drug-likeness (QED) is 0.640. The molecule has 0 radical (unpaired) electrons. The minimum Gasteiger partial charge on any atom is -0.352 e. The number of anilines is 1. The number of rotatable bonds is 8. The first-order chi connectivity index (χ1) is 15.2.